The fourth-order valence-electron chi connectivity index (χ4n) is 0.637. The van der Waals surface area contributed by atoms with E-state index in [2.05, 4.69) is 5.32 Å². The molecule has 0 saturated carbocycles. The SMILES string of the molecule is [2H]C1CN[C@H](C(=O)O)C1[2H]. The number of aliphatic carboxylic acids is 1. The van der Waals surface area contributed by atoms with E-state index in [4.69, 9.17) is 7.85 Å². The standard InChI is InChI=1S/C5H9NO2/c7-5(8)4-2-1-3-6-4/h4,6H,1-3H2,(H,7,8)/t4-/m0/s1/i1D,2D/t1?,2?,4-. The first kappa shape index (κ1) is 3.45. The predicted octanol–water partition coefficient (Wildman–Crippen LogP) is -0.177. The Morgan fingerprint density at radius 2 is 2.75 bits per heavy atom. The van der Waals surface area contributed by atoms with Crippen molar-refractivity contribution in [2.75, 3.05) is 6.54 Å². The maximum Gasteiger partial charge on any atom is 0.320 e. The highest BCUT2D eigenvalue weighted by Gasteiger charge is 2.20. The Labute approximate surface area is 50.5 Å². The van der Waals surface area contributed by atoms with E-state index in [9.17, 15) is 4.79 Å². The van der Waals surface area contributed by atoms with Crippen LogP contribution in [0, 0.1) is 0 Å². The minimum atomic E-state index is -1.03. The maximum atomic E-state index is 10.3. The van der Waals surface area contributed by atoms with Crippen LogP contribution in [0.2, 0.25) is 0 Å². The van der Waals surface area contributed by atoms with Crippen LogP contribution in [-0.4, -0.2) is 23.7 Å². The minimum absolute atomic E-state index is 0.311. The molecule has 1 aliphatic heterocycles. The Morgan fingerprint density at radius 3 is 3.00 bits per heavy atom. The van der Waals surface area contributed by atoms with Crippen molar-refractivity contribution >= 4 is 5.97 Å². The zero-order valence-corrected chi connectivity index (χ0v) is 4.29. The third-order valence-electron chi connectivity index (χ3n) is 1.05. The number of hydrogen-bond acceptors (Lipinski definition) is 2. The molecular weight excluding hydrogens is 106 g/mol. The van der Waals surface area contributed by atoms with Gasteiger partial charge < -0.3 is 10.4 Å². The number of rotatable bonds is 1. The van der Waals surface area contributed by atoms with Crippen molar-refractivity contribution in [3.05, 3.63) is 0 Å². The molecule has 1 fully saturated rings. The van der Waals surface area contributed by atoms with Crippen LogP contribution < -0.4 is 5.32 Å². The van der Waals surface area contributed by atoms with Crippen molar-refractivity contribution < 1.29 is 12.6 Å². The second-order valence-electron chi connectivity index (χ2n) is 1.65. The highest BCUT2D eigenvalue weighted by atomic mass is 16.4. The normalized spacial score (nSPS) is 50.2. The molecule has 0 aromatic heterocycles. The van der Waals surface area contributed by atoms with Gasteiger partial charge in [0, 0.05) is 2.74 Å². The van der Waals surface area contributed by atoms with Gasteiger partial charge in [-0.2, -0.15) is 0 Å². The first-order valence-electron chi connectivity index (χ1n) is 3.59. The first-order valence-corrected chi connectivity index (χ1v) is 2.43. The average Bonchev–Trinajstić information content (AvgIpc) is 2.14. The molecular formula is C5H9NO2. The predicted molar refractivity (Wildman–Crippen MR) is 28.7 cm³/mol. The van der Waals surface area contributed by atoms with Gasteiger partial charge in [0.05, 0.1) is 0 Å². The van der Waals surface area contributed by atoms with Crippen LogP contribution in [0.25, 0.3) is 0 Å². The van der Waals surface area contributed by atoms with Crippen molar-refractivity contribution in [3.63, 3.8) is 0 Å². The largest absolute Gasteiger partial charge is 0.480 e. The van der Waals surface area contributed by atoms with Crippen LogP contribution >= 0.6 is 0 Å². The summed E-state index contributed by atoms with van der Waals surface area (Å²) in [6, 6.07) is -0.845. The maximum absolute atomic E-state index is 10.3. The Kier molecular flexibility index (Phi) is 0.921. The molecule has 1 aliphatic rings. The lowest BCUT2D eigenvalue weighted by atomic mass is 10.2. The topological polar surface area (TPSA) is 49.3 Å². The van der Waals surface area contributed by atoms with E-state index in [1.54, 1.807) is 0 Å². The molecule has 1 heterocycles. The Hall–Kier alpha value is -0.570. The van der Waals surface area contributed by atoms with Gasteiger partial charge in [-0.1, -0.05) is 0 Å². The van der Waals surface area contributed by atoms with E-state index in [0.717, 1.165) is 0 Å². The van der Waals surface area contributed by atoms with Crippen molar-refractivity contribution in [2.45, 2.75) is 18.8 Å². The van der Waals surface area contributed by atoms with Gasteiger partial charge in [0.2, 0.25) is 0 Å². The van der Waals surface area contributed by atoms with Gasteiger partial charge in [0.25, 0.3) is 0 Å². The molecule has 2 N–H and O–H groups in total. The molecule has 46 valence electrons. The zero-order chi connectivity index (χ0) is 7.72. The summed E-state index contributed by atoms with van der Waals surface area (Å²) in [4.78, 5) is 10.3. The molecule has 0 radical (unpaired) electrons. The van der Waals surface area contributed by atoms with Crippen LogP contribution in [0.15, 0.2) is 0 Å². The van der Waals surface area contributed by atoms with Crippen LogP contribution in [0.4, 0.5) is 0 Å². The summed E-state index contributed by atoms with van der Waals surface area (Å²) < 4.78 is 14.3. The summed E-state index contributed by atoms with van der Waals surface area (Å²) in [5, 5.41) is 11.0. The van der Waals surface area contributed by atoms with Crippen molar-refractivity contribution in [1.29, 1.82) is 0 Å². The Balaban J connectivity index is 2.57. The van der Waals surface area contributed by atoms with E-state index in [1.807, 2.05) is 0 Å². The van der Waals surface area contributed by atoms with Gasteiger partial charge in [-0.05, 0) is 19.3 Å². The molecule has 0 aromatic carbocycles. The summed E-state index contributed by atoms with van der Waals surface area (Å²) in [5.41, 5.74) is 0. The number of carboxylic acids is 1. The molecule has 3 atom stereocenters. The zero-order valence-electron chi connectivity index (χ0n) is 6.29. The van der Waals surface area contributed by atoms with Crippen molar-refractivity contribution in [2.24, 2.45) is 0 Å². The van der Waals surface area contributed by atoms with Gasteiger partial charge in [-0.15, -0.1) is 0 Å². The first-order chi connectivity index (χ1) is 4.63. The minimum Gasteiger partial charge on any atom is -0.480 e. The fourth-order valence-corrected chi connectivity index (χ4v) is 0.637. The van der Waals surface area contributed by atoms with Gasteiger partial charge >= 0.3 is 5.97 Å². The highest BCUT2D eigenvalue weighted by Crippen LogP contribution is 2.03. The number of carboxylic acid groups (broad SMARTS) is 1. The van der Waals surface area contributed by atoms with Crippen LogP contribution in [0.3, 0.4) is 0 Å². The summed E-state index contributed by atoms with van der Waals surface area (Å²) in [6.07, 6.45) is -1.42. The van der Waals surface area contributed by atoms with E-state index in [-0.39, 0.29) is 0 Å². The molecule has 1 saturated heterocycles. The smallest absolute Gasteiger partial charge is 0.320 e. The molecule has 0 bridgehead atoms. The molecule has 2 unspecified atom stereocenters. The lowest BCUT2D eigenvalue weighted by Gasteiger charge is -1.99. The van der Waals surface area contributed by atoms with Gasteiger partial charge in [-0.25, -0.2) is 0 Å². The summed E-state index contributed by atoms with van der Waals surface area (Å²) in [5.74, 6) is -1.03. The van der Waals surface area contributed by atoms with Crippen LogP contribution in [-0.2, 0) is 4.79 Å². The number of carbonyl (C=O) groups is 1. The Morgan fingerprint density at radius 1 is 2.00 bits per heavy atom. The average molecular weight is 117 g/mol. The summed E-state index contributed by atoms with van der Waals surface area (Å²) in [6.45, 7) is 0.311. The molecule has 3 heteroatoms. The van der Waals surface area contributed by atoms with Crippen LogP contribution in [0.1, 0.15) is 15.5 Å². The van der Waals surface area contributed by atoms with E-state index in [0.29, 0.717) is 6.54 Å². The summed E-state index contributed by atoms with van der Waals surface area (Å²) in [7, 11) is 0. The van der Waals surface area contributed by atoms with Gasteiger partial charge in [-0.3, -0.25) is 4.79 Å². The molecule has 0 aliphatic carbocycles. The number of nitrogens with one attached hydrogen (secondary N) is 1. The second-order valence-corrected chi connectivity index (χ2v) is 1.65. The molecule has 3 nitrogen and oxygen atoms in total. The van der Waals surface area contributed by atoms with Crippen molar-refractivity contribution in [1.82, 2.24) is 5.32 Å². The number of hydrogen-bond donors (Lipinski definition) is 2. The molecule has 0 amide bonds. The third-order valence-corrected chi connectivity index (χ3v) is 1.05. The van der Waals surface area contributed by atoms with Gasteiger partial charge in [0.15, 0.2) is 0 Å². The molecule has 8 heavy (non-hydrogen) atoms. The summed E-state index contributed by atoms with van der Waals surface area (Å²) >= 11 is 0. The van der Waals surface area contributed by atoms with Crippen molar-refractivity contribution in [3.8, 4) is 0 Å². The lowest BCUT2D eigenvalue weighted by molar-refractivity contribution is -0.139. The molecule has 0 spiro atoms. The van der Waals surface area contributed by atoms with E-state index < -0.39 is 24.8 Å². The Bertz CT molecular complexity index is 153. The molecule has 0 aromatic rings. The lowest BCUT2D eigenvalue weighted by Crippen LogP contribution is -2.29. The third kappa shape index (κ3) is 0.980. The monoisotopic (exact) mass is 117 g/mol. The molecule has 1 rings (SSSR count). The van der Waals surface area contributed by atoms with E-state index in [1.165, 1.54) is 0 Å². The second kappa shape index (κ2) is 2.13. The van der Waals surface area contributed by atoms with E-state index >= 15 is 0 Å². The fraction of sp³-hybridized carbons (Fsp3) is 0.800. The van der Waals surface area contributed by atoms with Gasteiger partial charge in [0.1, 0.15) is 6.04 Å². The quantitative estimate of drug-likeness (QED) is 0.501. The van der Waals surface area contributed by atoms with Crippen LogP contribution in [0.5, 0.6) is 0 Å². The highest BCUT2D eigenvalue weighted by molar-refractivity contribution is 5.73.